The van der Waals surface area contributed by atoms with E-state index in [2.05, 4.69) is 5.32 Å². The molecule has 1 heterocycles. The monoisotopic (exact) mass is 396 g/mol. The summed E-state index contributed by atoms with van der Waals surface area (Å²) >= 11 is 0. The number of para-hydroxylation sites is 1. The third-order valence-corrected chi connectivity index (χ3v) is 4.87. The van der Waals surface area contributed by atoms with Crippen molar-refractivity contribution in [3.05, 3.63) is 59.8 Å². The normalized spacial score (nSPS) is 11.8. The van der Waals surface area contributed by atoms with Gasteiger partial charge in [0.05, 0.1) is 32.2 Å². The molecule has 1 atom stereocenters. The number of hydrogen-bond donors (Lipinski definition) is 2. The second-order valence-corrected chi connectivity index (χ2v) is 6.58. The molecule has 3 aromatic rings. The molecule has 2 aromatic carbocycles. The average Bonchev–Trinajstić information content (AvgIpc) is 3.11. The van der Waals surface area contributed by atoms with Crippen LogP contribution >= 0.6 is 0 Å². The first-order valence-electron chi connectivity index (χ1n) is 9.30. The summed E-state index contributed by atoms with van der Waals surface area (Å²) in [5, 5.41) is 13.1. The molecule has 29 heavy (non-hydrogen) atoms. The zero-order valence-corrected chi connectivity index (χ0v) is 16.6. The predicted molar refractivity (Wildman–Crippen MR) is 110 cm³/mol. The van der Waals surface area contributed by atoms with Crippen LogP contribution in [0.5, 0.6) is 11.5 Å². The van der Waals surface area contributed by atoms with Gasteiger partial charge in [-0.2, -0.15) is 0 Å². The van der Waals surface area contributed by atoms with E-state index < -0.39 is 12.0 Å². The van der Waals surface area contributed by atoms with E-state index in [1.807, 2.05) is 35.8 Å². The van der Waals surface area contributed by atoms with Crippen molar-refractivity contribution in [1.82, 2.24) is 9.88 Å². The molecule has 2 N–H and O–H groups in total. The molecule has 1 unspecified atom stereocenters. The Bertz CT molecular complexity index is 1040. The Morgan fingerprint density at radius 2 is 1.90 bits per heavy atom. The second-order valence-electron chi connectivity index (χ2n) is 6.58. The Hall–Kier alpha value is -3.48. The van der Waals surface area contributed by atoms with Crippen molar-refractivity contribution in [3.63, 3.8) is 0 Å². The van der Waals surface area contributed by atoms with Gasteiger partial charge in [0.25, 0.3) is 5.91 Å². The van der Waals surface area contributed by atoms with Gasteiger partial charge in [0, 0.05) is 35.3 Å². The summed E-state index contributed by atoms with van der Waals surface area (Å²) in [4.78, 5) is 24.6. The maximum atomic E-state index is 13.1. The van der Waals surface area contributed by atoms with Crippen LogP contribution in [0.25, 0.3) is 10.9 Å². The van der Waals surface area contributed by atoms with Gasteiger partial charge < -0.3 is 24.5 Å². The van der Waals surface area contributed by atoms with Gasteiger partial charge >= 0.3 is 5.97 Å². The molecular weight excluding hydrogens is 372 g/mol. The molecule has 1 amide bonds. The molecule has 1 aromatic heterocycles. The fourth-order valence-electron chi connectivity index (χ4n) is 3.45. The van der Waals surface area contributed by atoms with Crippen molar-refractivity contribution in [3.8, 4) is 11.5 Å². The zero-order chi connectivity index (χ0) is 21.0. The van der Waals surface area contributed by atoms with Gasteiger partial charge in [-0.05, 0) is 25.1 Å². The Kier molecular flexibility index (Phi) is 6.07. The number of nitrogens with one attached hydrogen (secondary N) is 1. The standard InChI is InChI=1S/C22H24N2O5/c1-4-24-13-17(15-7-5-6-8-19(15)24)22(27)23-18(12-21(25)26)16-10-9-14(28-2)11-20(16)29-3/h5-11,13,18H,4,12H2,1-3H3,(H,23,27)(H,25,26). The number of carboxylic acids is 1. The third kappa shape index (κ3) is 4.18. The van der Waals surface area contributed by atoms with Crippen LogP contribution in [-0.4, -0.2) is 35.8 Å². The summed E-state index contributed by atoms with van der Waals surface area (Å²) in [6, 6.07) is 12.0. The number of aliphatic carboxylic acids is 1. The van der Waals surface area contributed by atoms with Crippen LogP contribution in [0.2, 0.25) is 0 Å². The maximum absolute atomic E-state index is 13.1. The van der Waals surface area contributed by atoms with Crippen LogP contribution in [-0.2, 0) is 11.3 Å². The van der Waals surface area contributed by atoms with E-state index in [0.29, 0.717) is 22.6 Å². The number of rotatable bonds is 8. The molecule has 0 aliphatic heterocycles. The van der Waals surface area contributed by atoms with Crippen molar-refractivity contribution in [1.29, 1.82) is 0 Å². The number of methoxy groups -OCH3 is 2. The molecule has 7 heteroatoms. The maximum Gasteiger partial charge on any atom is 0.305 e. The number of benzene rings is 2. The van der Waals surface area contributed by atoms with Crippen molar-refractivity contribution in [2.75, 3.05) is 14.2 Å². The van der Waals surface area contributed by atoms with E-state index in [9.17, 15) is 14.7 Å². The van der Waals surface area contributed by atoms with Gasteiger partial charge in [-0.15, -0.1) is 0 Å². The fraction of sp³-hybridized carbons (Fsp3) is 0.273. The van der Waals surface area contributed by atoms with Crippen molar-refractivity contribution in [2.24, 2.45) is 0 Å². The summed E-state index contributed by atoms with van der Waals surface area (Å²) in [5.74, 6) is -0.328. The Labute approximate surface area is 168 Å². The SMILES string of the molecule is CCn1cc(C(=O)NC(CC(=O)O)c2ccc(OC)cc2OC)c2ccccc21. The largest absolute Gasteiger partial charge is 0.497 e. The smallest absolute Gasteiger partial charge is 0.305 e. The number of carbonyl (C=O) groups is 2. The average molecular weight is 396 g/mol. The van der Waals surface area contributed by atoms with Gasteiger partial charge in [-0.25, -0.2) is 0 Å². The van der Waals surface area contributed by atoms with Gasteiger partial charge in [-0.3, -0.25) is 9.59 Å². The molecule has 0 radical (unpaired) electrons. The molecule has 0 aliphatic carbocycles. The highest BCUT2D eigenvalue weighted by molar-refractivity contribution is 6.07. The minimum Gasteiger partial charge on any atom is -0.497 e. The zero-order valence-electron chi connectivity index (χ0n) is 16.6. The quantitative estimate of drug-likeness (QED) is 0.607. The molecular formula is C22H24N2O5. The van der Waals surface area contributed by atoms with Gasteiger partial charge in [-0.1, -0.05) is 18.2 Å². The molecule has 152 valence electrons. The summed E-state index contributed by atoms with van der Waals surface area (Å²) < 4.78 is 12.6. The number of hydrogen-bond acceptors (Lipinski definition) is 4. The van der Waals surface area contributed by atoms with Crippen molar-refractivity contribution < 1.29 is 24.2 Å². The Morgan fingerprint density at radius 1 is 1.14 bits per heavy atom. The summed E-state index contributed by atoms with van der Waals surface area (Å²) in [5.41, 5.74) is 2.03. The van der Waals surface area contributed by atoms with Gasteiger partial charge in [0.1, 0.15) is 11.5 Å². The first-order chi connectivity index (χ1) is 14.0. The van der Waals surface area contributed by atoms with E-state index in [1.165, 1.54) is 14.2 Å². The number of aromatic nitrogens is 1. The number of carboxylic acid groups (broad SMARTS) is 1. The molecule has 0 bridgehead atoms. The first kappa shape index (κ1) is 20.3. The number of nitrogens with zero attached hydrogens (tertiary/aromatic N) is 1. The summed E-state index contributed by atoms with van der Waals surface area (Å²) in [7, 11) is 3.03. The predicted octanol–water partition coefficient (Wildman–Crippen LogP) is 3.62. The molecule has 0 spiro atoms. The molecule has 7 nitrogen and oxygen atoms in total. The highest BCUT2D eigenvalue weighted by Crippen LogP contribution is 2.32. The van der Waals surface area contributed by atoms with E-state index in [4.69, 9.17) is 9.47 Å². The lowest BCUT2D eigenvalue weighted by atomic mass is 10.0. The number of amides is 1. The first-order valence-corrected chi connectivity index (χ1v) is 9.30. The summed E-state index contributed by atoms with van der Waals surface area (Å²) in [6.45, 7) is 2.72. The van der Waals surface area contributed by atoms with Crippen LogP contribution < -0.4 is 14.8 Å². The van der Waals surface area contributed by atoms with Gasteiger partial charge in [0.2, 0.25) is 0 Å². The van der Waals surface area contributed by atoms with Crippen LogP contribution in [0.3, 0.4) is 0 Å². The van der Waals surface area contributed by atoms with Crippen molar-refractivity contribution >= 4 is 22.8 Å². The van der Waals surface area contributed by atoms with Crippen LogP contribution in [0.4, 0.5) is 0 Å². The van der Waals surface area contributed by atoms with Crippen molar-refractivity contribution in [2.45, 2.75) is 25.9 Å². The van der Waals surface area contributed by atoms with Crippen LogP contribution in [0, 0.1) is 0 Å². The minimum absolute atomic E-state index is 0.277. The molecule has 0 saturated carbocycles. The van der Waals surface area contributed by atoms with E-state index in [-0.39, 0.29) is 12.3 Å². The summed E-state index contributed by atoms with van der Waals surface area (Å²) in [6.07, 6.45) is 1.52. The Morgan fingerprint density at radius 3 is 2.55 bits per heavy atom. The highest BCUT2D eigenvalue weighted by atomic mass is 16.5. The van der Waals surface area contributed by atoms with Crippen LogP contribution in [0.1, 0.15) is 35.3 Å². The lowest BCUT2D eigenvalue weighted by Crippen LogP contribution is -2.30. The third-order valence-electron chi connectivity index (χ3n) is 4.87. The van der Waals surface area contributed by atoms with E-state index in [0.717, 1.165) is 17.4 Å². The molecule has 3 rings (SSSR count). The van der Waals surface area contributed by atoms with Crippen LogP contribution in [0.15, 0.2) is 48.7 Å². The lowest BCUT2D eigenvalue weighted by molar-refractivity contribution is -0.137. The lowest BCUT2D eigenvalue weighted by Gasteiger charge is -2.20. The van der Waals surface area contributed by atoms with Gasteiger partial charge in [0.15, 0.2) is 0 Å². The molecule has 0 aliphatic rings. The van der Waals surface area contributed by atoms with E-state index >= 15 is 0 Å². The molecule has 0 fully saturated rings. The fourth-order valence-corrected chi connectivity index (χ4v) is 3.45. The molecule has 0 saturated heterocycles. The highest BCUT2D eigenvalue weighted by Gasteiger charge is 2.24. The van der Waals surface area contributed by atoms with E-state index in [1.54, 1.807) is 24.4 Å². The number of aryl methyl sites for hydroxylation is 1. The number of fused-ring (bicyclic) bond motifs is 1. The number of carbonyl (C=O) groups excluding carboxylic acids is 1. The second kappa shape index (κ2) is 8.68. The Balaban J connectivity index is 1.98. The minimum atomic E-state index is -1.02. The number of ether oxygens (including phenoxy) is 2. The topological polar surface area (TPSA) is 89.8 Å².